The topological polar surface area (TPSA) is 56.1 Å². The van der Waals surface area contributed by atoms with E-state index in [-0.39, 0.29) is 18.3 Å². The summed E-state index contributed by atoms with van der Waals surface area (Å²) in [4.78, 5) is 13.2. The first kappa shape index (κ1) is 21.3. The molecule has 0 atom stereocenters. The third kappa shape index (κ3) is 4.54. The molecule has 0 aliphatic heterocycles. The minimum atomic E-state index is -0.309. The second-order valence-corrected chi connectivity index (χ2v) is 7.66. The van der Waals surface area contributed by atoms with E-state index in [2.05, 4.69) is 5.32 Å². The maximum Gasteiger partial charge on any atom is 0.270 e. The normalized spacial score (nSPS) is 10.8. The Balaban J connectivity index is 1.73. The molecule has 32 heavy (non-hydrogen) atoms. The molecule has 5 nitrogen and oxygen atoms in total. The summed E-state index contributed by atoms with van der Waals surface area (Å²) in [5.74, 6) is 0.138. The Kier molecular flexibility index (Phi) is 6.03. The SMILES string of the molecule is COc1cccc(-c2cc(C(=O)NCc3ccc(F)cc3)n(-c3cc(C)ccc3C)n2)c1. The third-order valence-corrected chi connectivity index (χ3v) is 5.27. The van der Waals surface area contributed by atoms with Crippen molar-refractivity contribution in [3.05, 3.63) is 101 Å². The van der Waals surface area contributed by atoms with Crippen LogP contribution in [0.25, 0.3) is 16.9 Å². The van der Waals surface area contributed by atoms with Gasteiger partial charge in [0.25, 0.3) is 5.91 Å². The fourth-order valence-corrected chi connectivity index (χ4v) is 3.47. The highest BCUT2D eigenvalue weighted by Gasteiger charge is 2.19. The van der Waals surface area contributed by atoms with Crippen LogP contribution in [0.2, 0.25) is 0 Å². The van der Waals surface area contributed by atoms with E-state index in [1.807, 2.05) is 56.3 Å². The Labute approximate surface area is 186 Å². The molecule has 0 bridgehead atoms. The van der Waals surface area contributed by atoms with E-state index < -0.39 is 0 Å². The van der Waals surface area contributed by atoms with Gasteiger partial charge in [-0.2, -0.15) is 5.10 Å². The number of carbonyl (C=O) groups is 1. The predicted molar refractivity (Wildman–Crippen MR) is 123 cm³/mol. The first-order valence-corrected chi connectivity index (χ1v) is 10.3. The number of nitrogens with zero attached hydrogens (tertiary/aromatic N) is 2. The molecule has 4 aromatic rings. The molecule has 4 rings (SSSR count). The molecule has 0 aliphatic rings. The highest BCUT2D eigenvalue weighted by molar-refractivity contribution is 5.94. The van der Waals surface area contributed by atoms with Crippen molar-refractivity contribution in [3.63, 3.8) is 0 Å². The second-order valence-electron chi connectivity index (χ2n) is 7.66. The first-order valence-electron chi connectivity index (χ1n) is 10.3. The molecule has 3 aromatic carbocycles. The van der Waals surface area contributed by atoms with Gasteiger partial charge in [-0.25, -0.2) is 9.07 Å². The molecule has 0 spiro atoms. The van der Waals surface area contributed by atoms with E-state index in [9.17, 15) is 9.18 Å². The van der Waals surface area contributed by atoms with Crippen LogP contribution in [0.1, 0.15) is 27.2 Å². The number of amides is 1. The number of methoxy groups -OCH3 is 1. The largest absolute Gasteiger partial charge is 0.497 e. The lowest BCUT2D eigenvalue weighted by Crippen LogP contribution is -2.25. The zero-order valence-corrected chi connectivity index (χ0v) is 18.2. The van der Waals surface area contributed by atoms with Crippen molar-refractivity contribution in [1.29, 1.82) is 0 Å². The van der Waals surface area contributed by atoms with Gasteiger partial charge in [-0.1, -0.05) is 36.4 Å². The molecular formula is C26H24FN3O2. The number of aromatic nitrogens is 2. The fourth-order valence-electron chi connectivity index (χ4n) is 3.47. The molecular weight excluding hydrogens is 405 g/mol. The summed E-state index contributed by atoms with van der Waals surface area (Å²) in [6.07, 6.45) is 0. The van der Waals surface area contributed by atoms with Gasteiger partial charge in [0.15, 0.2) is 0 Å². The maximum atomic E-state index is 13.2. The molecule has 1 heterocycles. The summed E-state index contributed by atoms with van der Waals surface area (Å²) in [6, 6.07) is 21.4. The van der Waals surface area contributed by atoms with Gasteiger partial charge in [0.05, 0.1) is 18.5 Å². The summed E-state index contributed by atoms with van der Waals surface area (Å²) in [5.41, 5.74) is 5.65. The number of hydrogen-bond acceptors (Lipinski definition) is 3. The zero-order chi connectivity index (χ0) is 22.7. The van der Waals surface area contributed by atoms with Gasteiger partial charge in [-0.15, -0.1) is 0 Å². The van der Waals surface area contributed by atoms with Crippen molar-refractivity contribution < 1.29 is 13.9 Å². The van der Waals surface area contributed by atoms with E-state index in [1.54, 1.807) is 30.0 Å². The minimum Gasteiger partial charge on any atom is -0.497 e. The smallest absolute Gasteiger partial charge is 0.270 e. The lowest BCUT2D eigenvalue weighted by molar-refractivity contribution is 0.0943. The van der Waals surface area contributed by atoms with Crippen LogP contribution >= 0.6 is 0 Å². The highest BCUT2D eigenvalue weighted by atomic mass is 19.1. The second kappa shape index (κ2) is 9.06. The summed E-state index contributed by atoms with van der Waals surface area (Å²) in [5, 5.41) is 7.69. The van der Waals surface area contributed by atoms with Gasteiger partial charge in [0.2, 0.25) is 0 Å². The molecule has 1 amide bonds. The number of hydrogen-bond donors (Lipinski definition) is 1. The van der Waals surface area contributed by atoms with Crippen molar-refractivity contribution >= 4 is 5.91 Å². The average molecular weight is 429 g/mol. The molecule has 0 aliphatic carbocycles. The Morgan fingerprint density at radius 2 is 1.81 bits per heavy atom. The van der Waals surface area contributed by atoms with Crippen LogP contribution in [0.3, 0.4) is 0 Å². The maximum absolute atomic E-state index is 13.2. The number of nitrogens with one attached hydrogen (secondary N) is 1. The molecule has 1 aromatic heterocycles. The number of ether oxygens (including phenoxy) is 1. The summed E-state index contributed by atoms with van der Waals surface area (Å²) < 4.78 is 20.2. The Morgan fingerprint density at radius 3 is 2.56 bits per heavy atom. The molecule has 0 saturated carbocycles. The quantitative estimate of drug-likeness (QED) is 0.456. The lowest BCUT2D eigenvalue weighted by Gasteiger charge is -2.11. The summed E-state index contributed by atoms with van der Waals surface area (Å²) in [7, 11) is 1.61. The van der Waals surface area contributed by atoms with Crippen LogP contribution in [-0.4, -0.2) is 22.8 Å². The van der Waals surface area contributed by atoms with Gasteiger partial charge in [0.1, 0.15) is 17.3 Å². The summed E-state index contributed by atoms with van der Waals surface area (Å²) >= 11 is 0. The molecule has 0 fully saturated rings. The number of aryl methyl sites for hydroxylation is 2. The number of benzene rings is 3. The van der Waals surface area contributed by atoms with E-state index in [0.29, 0.717) is 17.1 Å². The number of rotatable bonds is 6. The molecule has 162 valence electrons. The van der Waals surface area contributed by atoms with E-state index in [0.717, 1.165) is 27.9 Å². The van der Waals surface area contributed by atoms with E-state index in [4.69, 9.17) is 9.84 Å². The standard InChI is InChI=1S/C26H24FN3O2/c1-17-7-8-18(2)24(13-17)30-25(26(31)28-16-19-9-11-21(27)12-10-19)15-23(29-30)20-5-4-6-22(14-20)32-3/h4-15H,16H2,1-3H3,(H,28,31). The van der Waals surface area contributed by atoms with Crippen LogP contribution < -0.4 is 10.1 Å². The fraction of sp³-hybridized carbons (Fsp3) is 0.154. The number of carbonyl (C=O) groups excluding carboxylic acids is 1. The minimum absolute atomic E-state index is 0.267. The third-order valence-electron chi connectivity index (χ3n) is 5.27. The van der Waals surface area contributed by atoms with Gasteiger partial charge in [-0.3, -0.25) is 4.79 Å². The van der Waals surface area contributed by atoms with Crippen LogP contribution in [0.5, 0.6) is 5.75 Å². The van der Waals surface area contributed by atoms with Crippen LogP contribution in [0.4, 0.5) is 4.39 Å². The lowest BCUT2D eigenvalue weighted by atomic mass is 10.1. The number of halogens is 1. The molecule has 1 N–H and O–H groups in total. The van der Waals surface area contributed by atoms with Crippen molar-refractivity contribution in [2.75, 3.05) is 7.11 Å². The predicted octanol–water partition coefficient (Wildman–Crippen LogP) is 5.23. The Hall–Kier alpha value is -3.93. The van der Waals surface area contributed by atoms with Crippen molar-refractivity contribution in [1.82, 2.24) is 15.1 Å². The molecule has 0 radical (unpaired) electrons. The zero-order valence-electron chi connectivity index (χ0n) is 18.2. The van der Waals surface area contributed by atoms with Gasteiger partial charge >= 0.3 is 0 Å². The molecule has 6 heteroatoms. The highest BCUT2D eigenvalue weighted by Crippen LogP contribution is 2.26. The van der Waals surface area contributed by atoms with Crippen molar-refractivity contribution in [2.24, 2.45) is 0 Å². The van der Waals surface area contributed by atoms with Crippen LogP contribution in [0, 0.1) is 19.7 Å². The van der Waals surface area contributed by atoms with Crippen LogP contribution in [-0.2, 0) is 6.54 Å². The van der Waals surface area contributed by atoms with Crippen LogP contribution in [0.15, 0.2) is 72.8 Å². The van der Waals surface area contributed by atoms with E-state index >= 15 is 0 Å². The average Bonchev–Trinajstić information content (AvgIpc) is 3.25. The Morgan fingerprint density at radius 1 is 1.03 bits per heavy atom. The van der Waals surface area contributed by atoms with Crippen molar-refractivity contribution in [2.45, 2.75) is 20.4 Å². The first-order chi connectivity index (χ1) is 15.4. The molecule has 0 unspecified atom stereocenters. The Bertz CT molecular complexity index is 1260. The summed E-state index contributed by atoms with van der Waals surface area (Å²) in [6.45, 7) is 4.27. The van der Waals surface area contributed by atoms with Crippen molar-refractivity contribution in [3.8, 4) is 22.7 Å². The van der Waals surface area contributed by atoms with E-state index in [1.165, 1.54) is 12.1 Å². The molecule has 0 saturated heterocycles. The van der Waals surface area contributed by atoms with Gasteiger partial charge in [0, 0.05) is 12.1 Å². The van der Waals surface area contributed by atoms with Gasteiger partial charge in [-0.05, 0) is 66.9 Å². The monoisotopic (exact) mass is 429 g/mol. The van der Waals surface area contributed by atoms with Gasteiger partial charge < -0.3 is 10.1 Å².